The molecule has 1 aliphatic heterocycles. The average Bonchev–Trinajstić information content (AvgIpc) is 2.58. The first kappa shape index (κ1) is 14.2. The number of hydrogen-bond donors (Lipinski definition) is 1. The molecule has 1 saturated heterocycles. The Morgan fingerprint density at radius 1 is 1.47 bits per heavy atom. The fourth-order valence-corrected chi connectivity index (χ4v) is 1.85. The molecule has 1 amide bonds. The number of nitrogens with zero attached hydrogens (tertiary/aromatic N) is 1. The van der Waals surface area contributed by atoms with Gasteiger partial charge in [-0.1, -0.05) is 0 Å². The monoisotopic (exact) mass is 251 g/mol. The second-order valence-corrected chi connectivity index (χ2v) is 5.33. The van der Waals surface area contributed by atoms with Gasteiger partial charge in [0.05, 0.1) is 0 Å². The van der Waals surface area contributed by atoms with Crippen LogP contribution in [0, 0.1) is 11.8 Å². The van der Waals surface area contributed by atoms with Gasteiger partial charge in [-0.3, -0.25) is 0 Å². The molecule has 0 aromatic heterocycles. The molecule has 100 valence electrons. The van der Waals surface area contributed by atoms with Crippen LogP contribution in [-0.4, -0.2) is 47.8 Å². The van der Waals surface area contributed by atoms with Crippen molar-refractivity contribution in [1.82, 2.24) is 4.90 Å². The van der Waals surface area contributed by atoms with Gasteiger partial charge in [-0.05, 0) is 20.8 Å². The number of rotatable bonds is 2. The summed E-state index contributed by atoms with van der Waals surface area (Å²) in [7, 11) is 0. The number of carbonyl (C=O) groups is 1. The van der Waals surface area contributed by atoms with Gasteiger partial charge in [0.25, 0.3) is 0 Å². The summed E-state index contributed by atoms with van der Waals surface area (Å²) in [5.74, 6) is -1.53. The molecule has 0 aromatic carbocycles. The predicted molar refractivity (Wildman–Crippen MR) is 57.9 cm³/mol. The Morgan fingerprint density at radius 3 is 2.41 bits per heavy atom. The Bertz CT molecular complexity index is 278. The van der Waals surface area contributed by atoms with Crippen molar-refractivity contribution in [2.45, 2.75) is 32.8 Å². The van der Waals surface area contributed by atoms with Crippen LogP contribution in [-0.2, 0) is 4.74 Å². The van der Waals surface area contributed by atoms with Crippen LogP contribution in [0.4, 0.5) is 13.6 Å². The minimum atomic E-state index is -2.53. The first-order valence-corrected chi connectivity index (χ1v) is 5.61. The first-order chi connectivity index (χ1) is 7.74. The molecule has 0 bridgehead atoms. The topological polar surface area (TPSA) is 49.8 Å². The zero-order chi connectivity index (χ0) is 13.2. The summed E-state index contributed by atoms with van der Waals surface area (Å²) < 4.78 is 30.4. The smallest absolute Gasteiger partial charge is 0.410 e. The third-order valence-electron chi connectivity index (χ3n) is 2.70. The normalized spacial score (nSPS) is 25.5. The van der Waals surface area contributed by atoms with Crippen LogP contribution in [0.3, 0.4) is 0 Å². The van der Waals surface area contributed by atoms with Crippen LogP contribution in [0.25, 0.3) is 0 Å². The molecule has 0 unspecified atom stereocenters. The summed E-state index contributed by atoms with van der Waals surface area (Å²) in [4.78, 5) is 12.9. The third-order valence-corrected chi connectivity index (χ3v) is 2.70. The number of hydrogen-bond acceptors (Lipinski definition) is 3. The summed E-state index contributed by atoms with van der Waals surface area (Å²) in [6.07, 6.45) is -3.13. The quantitative estimate of drug-likeness (QED) is 0.813. The Labute approximate surface area is 99.5 Å². The Kier molecular flexibility index (Phi) is 4.30. The van der Waals surface area contributed by atoms with E-state index >= 15 is 0 Å². The highest BCUT2D eigenvalue weighted by atomic mass is 19.3. The zero-order valence-electron chi connectivity index (χ0n) is 10.3. The van der Waals surface area contributed by atoms with Crippen LogP contribution < -0.4 is 0 Å². The van der Waals surface area contributed by atoms with Gasteiger partial charge in [0, 0.05) is 31.5 Å². The number of aliphatic hydroxyl groups is 1. The molecular weight excluding hydrogens is 232 g/mol. The summed E-state index contributed by atoms with van der Waals surface area (Å²) in [6, 6.07) is 0. The largest absolute Gasteiger partial charge is 0.444 e. The first-order valence-electron chi connectivity index (χ1n) is 5.61. The van der Waals surface area contributed by atoms with Gasteiger partial charge in [0.2, 0.25) is 6.43 Å². The summed E-state index contributed by atoms with van der Waals surface area (Å²) in [5, 5.41) is 9.01. The van der Waals surface area contributed by atoms with Gasteiger partial charge in [0.1, 0.15) is 5.60 Å². The van der Waals surface area contributed by atoms with E-state index in [0.29, 0.717) is 0 Å². The molecule has 1 N–H and O–H groups in total. The number of carbonyl (C=O) groups excluding carboxylic acids is 1. The predicted octanol–water partition coefficient (Wildman–Crippen LogP) is 1.73. The summed E-state index contributed by atoms with van der Waals surface area (Å²) in [6.45, 7) is 4.88. The van der Waals surface area contributed by atoms with Crippen molar-refractivity contribution < 1.29 is 23.4 Å². The number of aliphatic hydroxyl groups excluding tert-OH is 1. The lowest BCUT2D eigenvalue weighted by atomic mass is 9.98. The summed E-state index contributed by atoms with van der Waals surface area (Å²) >= 11 is 0. The Morgan fingerprint density at radius 2 is 2.06 bits per heavy atom. The van der Waals surface area contributed by atoms with Crippen molar-refractivity contribution in [3.8, 4) is 0 Å². The van der Waals surface area contributed by atoms with E-state index in [1.165, 1.54) is 4.90 Å². The van der Waals surface area contributed by atoms with Crippen molar-refractivity contribution in [3.63, 3.8) is 0 Å². The van der Waals surface area contributed by atoms with Gasteiger partial charge >= 0.3 is 6.09 Å². The van der Waals surface area contributed by atoms with E-state index in [0.717, 1.165) is 0 Å². The molecule has 0 saturated carbocycles. The molecule has 1 fully saturated rings. The molecule has 2 atom stereocenters. The molecule has 1 rings (SSSR count). The second kappa shape index (κ2) is 5.16. The van der Waals surface area contributed by atoms with Gasteiger partial charge < -0.3 is 14.7 Å². The molecule has 0 spiro atoms. The SMILES string of the molecule is CC(C)(C)OC(=O)N1C[C@H](CO)[C@H](C(F)F)C1. The number of halogens is 2. The maximum atomic E-state index is 12.7. The lowest BCUT2D eigenvalue weighted by molar-refractivity contribution is 0.0250. The van der Waals surface area contributed by atoms with E-state index in [1.54, 1.807) is 20.8 Å². The standard InChI is InChI=1S/C11H19F2NO3/c1-11(2,3)17-10(16)14-4-7(6-15)8(5-14)9(12)13/h7-9,15H,4-6H2,1-3H3/t7-,8-/m1/s1. The van der Waals surface area contributed by atoms with Crippen molar-refractivity contribution in [2.24, 2.45) is 11.8 Å². The Balaban J connectivity index is 2.61. The second-order valence-electron chi connectivity index (χ2n) is 5.33. The van der Waals surface area contributed by atoms with Gasteiger partial charge in [0.15, 0.2) is 0 Å². The lowest BCUT2D eigenvalue weighted by Gasteiger charge is -2.24. The Hall–Kier alpha value is -0.910. The van der Waals surface area contributed by atoms with E-state index in [9.17, 15) is 13.6 Å². The van der Waals surface area contributed by atoms with Gasteiger partial charge in [-0.25, -0.2) is 13.6 Å². The highest BCUT2D eigenvalue weighted by Gasteiger charge is 2.41. The molecule has 6 heteroatoms. The number of likely N-dealkylation sites (tertiary alicyclic amines) is 1. The molecule has 0 aromatic rings. The van der Waals surface area contributed by atoms with Crippen LogP contribution in [0.1, 0.15) is 20.8 Å². The zero-order valence-corrected chi connectivity index (χ0v) is 10.3. The van der Waals surface area contributed by atoms with Crippen molar-refractivity contribution in [1.29, 1.82) is 0 Å². The van der Waals surface area contributed by atoms with E-state index in [-0.39, 0.29) is 19.7 Å². The van der Waals surface area contributed by atoms with E-state index in [2.05, 4.69) is 0 Å². The number of ether oxygens (including phenoxy) is 1. The van der Waals surface area contributed by atoms with Crippen LogP contribution in [0.2, 0.25) is 0 Å². The molecule has 1 heterocycles. The van der Waals surface area contributed by atoms with Gasteiger partial charge in [-0.2, -0.15) is 0 Å². The summed E-state index contributed by atoms with van der Waals surface area (Å²) in [5.41, 5.74) is -0.644. The third kappa shape index (κ3) is 3.80. The van der Waals surface area contributed by atoms with Crippen LogP contribution in [0.15, 0.2) is 0 Å². The molecule has 0 aliphatic carbocycles. The molecular formula is C11H19F2NO3. The molecule has 0 radical (unpaired) electrons. The lowest BCUT2D eigenvalue weighted by Crippen LogP contribution is -2.35. The average molecular weight is 251 g/mol. The minimum absolute atomic E-state index is 0.0577. The maximum Gasteiger partial charge on any atom is 0.410 e. The van der Waals surface area contributed by atoms with E-state index < -0.39 is 30.0 Å². The highest BCUT2D eigenvalue weighted by Crippen LogP contribution is 2.29. The number of amides is 1. The molecule has 1 aliphatic rings. The highest BCUT2D eigenvalue weighted by molar-refractivity contribution is 5.68. The van der Waals surface area contributed by atoms with E-state index in [4.69, 9.17) is 9.84 Å². The van der Waals surface area contributed by atoms with Crippen molar-refractivity contribution in [2.75, 3.05) is 19.7 Å². The van der Waals surface area contributed by atoms with Crippen LogP contribution in [0.5, 0.6) is 0 Å². The van der Waals surface area contributed by atoms with Crippen LogP contribution >= 0.6 is 0 Å². The molecule has 17 heavy (non-hydrogen) atoms. The van der Waals surface area contributed by atoms with Crippen molar-refractivity contribution >= 4 is 6.09 Å². The van der Waals surface area contributed by atoms with Gasteiger partial charge in [-0.15, -0.1) is 0 Å². The molecule has 4 nitrogen and oxygen atoms in total. The fourth-order valence-electron chi connectivity index (χ4n) is 1.85. The number of alkyl halides is 2. The minimum Gasteiger partial charge on any atom is -0.444 e. The fraction of sp³-hybridized carbons (Fsp3) is 0.909. The van der Waals surface area contributed by atoms with Crippen molar-refractivity contribution in [3.05, 3.63) is 0 Å². The maximum absolute atomic E-state index is 12.7. The van der Waals surface area contributed by atoms with E-state index in [1.807, 2.05) is 0 Å².